The minimum absolute atomic E-state index is 0.0362. The molecule has 0 spiro atoms. The van der Waals surface area contributed by atoms with Gasteiger partial charge in [-0.25, -0.2) is 19.2 Å². The summed E-state index contributed by atoms with van der Waals surface area (Å²) in [6, 6.07) is 35.2. The molecule has 1 atom stereocenters. The maximum Gasteiger partial charge on any atom is 0.321 e. The molecule has 0 bridgehead atoms. The second-order valence-corrected chi connectivity index (χ2v) is 14.9. The monoisotopic (exact) mass is 997 g/mol. The fourth-order valence-corrected chi connectivity index (χ4v) is 6.64. The van der Waals surface area contributed by atoms with Crippen LogP contribution in [0.15, 0.2) is 131 Å². The average molecular weight is 999 g/mol. The molecule has 0 aliphatic heterocycles. The number of hydrogen-bond acceptors (Lipinski definition) is 8. The fraction of sp³-hybridized carbons (Fsp3) is 0.143. The van der Waals surface area contributed by atoms with E-state index in [1.165, 1.54) is 38.1 Å². The number of rotatable bonds is 12. The van der Waals surface area contributed by atoms with E-state index in [2.05, 4.69) is 69.7 Å². The summed E-state index contributed by atoms with van der Waals surface area (Å²) in [7, 11) is 3.20. The van der Waals surface area contributed by atoms with E-state index in [-0.39, 0.29) is 30.1 Å². The highest BCUT2D eigenvalue weighted by Gasteiger charge is 2.46. The molecule has 14 heteroatoms. The van der Waals surface area contributed by atoms with E-state index in [1.54, 1.807) is 38.5 Å². The van der Waals surface area contributed by atoms with Gasteiger partial charge in [-0.2, -0.15) is 4.48 Å². The van der Waals surface area contributed by atoms with E-state index in [0.29, 0.717) is 44.4 Å². The number of quaternary nitrogens is 1. The van der Waals surface area contributed by atoms with Crippen LogP contribution in [0, 0.1) is 9.39 Å². The summed E-state index contributed by atoms with van der Waals surface area (Å²) >= 11 is 9.13. The lowest BCUT2D eigenvalue weighted by Gasteiger charge is -2.35. The van der Waals surface area contributed by atoms with Crippen LogP contribution in [0.4, 0.5) is 15.8 Å². The average Bonchev–Trinajstić information content (AvgIpc) is 3.19. The molecule has 0 aliphatic carbocycles. The molecule has 56 heavy (non-hydrogen) atoms. The lowest BCUT2D eigenvalue weighted by molar-refractivity contribution is -0.126. The van der Waals surface area contributed by atoms with Gasteiger partial charge in [-0.15, -0.1) is 0 Å². The van der Waals surface area contributed by atoms with Crippen LogP contribution in [-0.2, 0) is 22.7 Å². The molecule has 6 rings (SSSR count). The van der Waals surface area contributed by atoms with Crippen molar-refractivity contribution >= 4 is 77.6 Å². The van der Waals surface area contributed by atoms with Gasteiger partial charge in [0.2, 0.25) is 17.3 Å². The van der Waals surface area contributed by atoms with Crippen molar-refractivity contribution in [3.8, 4) is 34.8 Å². The molecule has 0 saturated heterocycles. The van der Waals surface area contributed by atoms with Crippen molar-refractivity contribution in [1.29, 1.82) is 0 Å². The van der Waals surface area contributed by atoms with Crippen molar-refractivity contribution in [2.45, 2.75) is 26.9 Å². The number of ether oxygens (including phenoxy) is 4. The summed E-state index contributed by atoms with van der Waals surface area (Å²) in [4.78, 5) is 34.2. The number of hydrogen-bond donors (Lipinski definition) is 1. The first-order valence-corrected chi connectivity index (χ1v) is 19.7. The second-order valence-electron chi connectivity index (χ2n) is 12.0. The van der Waals surface area contributed by atoms with Crippen molar-refractivity contribution in [2.75, 3.05) is 14.2 Å². The third kappa shape index (κ3) is 10.7. The van der Waals surface area contributed by atoms with Crippen LogP contribution in [0.25, 0.3) is 0 Å². The Morgan fingerprint density at radius 2 is 1.14 bits per heavy atom. The Bertz CT molecular complexity index is 2200. The number of amides is 2. The van der Waals surface area contributed by atoms with E-state index >= 15 is 0 Å². The molecule has 288 valence electrons. The highest BCUT2D eigenvalue weighted by Crippen LogP contribution is 2.49. The van der Waals surface area contributed by atoms with Crippen LogP contribution in [0.5, 0.6) is 34.8 Å². The molecule has 0 fully saturated rings. The summed E-state index contributed by atoms with van der Waals surface area (Å²) in [5.74, 6) is 1.92. The number of benzene rings is 4. The standard InChI is InChI=1S/C32H24Br2FIN3O4.C10H13NO2/c1-20(40)39(19-21-5-3-4-6-28(21)41-2,26-15-17-29(33)37-31(26)42-24-11-7-22(35)8-12-24)27-16-18-30(34)38-32(27)43-25-13-9-23(36)10-14-25;1-8(12)11-7-9-5-3-4-6-10(9)13-2/h3-18H,19H2,1-2H3;3-6H,7H2,1-2H3,(H,11,12)/q+1;. The number of methoxy groups -OCH3 is 2. The summed E-state index contributed by atoms with van der Waals surface area (Å²) < 4.78 is 38.7. The number of aromatic nitrogens is 2. The first-order valence-electron chi connectivity index (χ1n) is 17.0. The minimum Gasteiger partial charge on any atom is -0.496 e. The molecule has 4 aromatic carbocycles. The second kappa shape index (κ2) is 19.8. The van der Waals surface area contributed by atoms with Gasteiger partial charge in [0.25, 0.3) is 11.8 Å². The summed E-state index contributed by atoms with van der Waals surface area (Å²) in [5.41, 5.74) is 2.58. The zero-order valence-corrected chi connectivity index (χ0v) is 36.1. The maximum atomic E-state index is 14.2. The Morgan fingerprint density at radius 1 is 0.679 bits per heavy atom. The van der Waals surface area contributed by atoms with Crippen molar-refractivity contribution in [1.82, 2.24) is 19.8 Å². The van der Waals surface area contributed by atoms with Gasteiger partial charge in [0, 0.05) is 40.3 Å². The van der Waals surface area contributed by atoms with E-state index < -0.39 is 10.3 Å². The van der Waals surface area contributed by atoms with Crippen LogP contribution >= 0.6 is 54.5 Å². The van der Waals surface area contributed by atoms with Crippen molar-refractivity contribution in [3.63, 3.8) is 0 Å². The van der Waals surface area contributed by atoms with Gasteiger partial charge in [0.15, 0.2) is 0 Å². The lowest BCUT2D eigenvalue weighted by atomic mass is 10.1. The Kier molecular flexibility index (Phi) is 14.9. The van der Waals surface area contributed by atoms with Gasteiger partial charge in [0.1, 0.15) is 44.6 Å². The van der Waals surface area contributed by atoms with Crippen LogP contribution in [0.3, 0.4) is 0 Å². The van der Waals surface area contributed by atoms with E-state index in [1.807, 2.05) is 72.8 Å². The Balaban J connectivity index is 0.000000392. The van der Waals surface area contributed by atoms with Gasteiger partial charge in [-0.05, 0) is 133 Å². The van der Waals surface area contributed by atoms with Crippen molar-refractivity contribution in [2.24, 2.45) is 0 Å². The molecule has 1 unspecified atom stereocenters. The highest BCUT2D eigenvalue weighted by atomic mass is 127. The highest BCUT2D eigenvalue weighted by molar-refractivity contribution is 14.1. The molecule has 2 heterocycles. The van der Waals surface area contributed by atoms with Crippen LogP contribution in [0.1, 0.15) is 25.0 Å². The zero-order valence-electron chi connectivity index (χ0n) is 30.8. The molecule has 1 N–H and O–H groups in total. The normalized spacial score (nSPS) is 11.6. The number of para-hydroxylation sites is 2. The summed E-state index contributed by atoms with van der Waals surface area (Å²) in [5, 5.41) is 2.72. The van der Waals surface area contributed by atoms with E-state index in [0.717, 1.165) is 20.4 Å². The maximum absolute atomic E-state index is 14.2. The smallest absolute Gasteiger partial charge is 0.321 e. The number of nitrogens with zero attached hydrogens (tertiary/aromatic N) is 3. The van der Waals surface area contributed by atoms with Crippen LogP contribution in [-0.4, -0.2) is 36.0 Å². The molecule has 0 aliphatic rings. The van der Waals surface area contributed by atoms with Crippen molar-refractivity contribution in [3.05, 3.63) is 151 Å². The van der Waals surface area contributed by atoms with Crippen LogP contribution in [0.2, 0.25) is 0 Å². The summed E-state index contributed by atoms with van der Waals surface area (Å²) in [6.07, 6.45) is 0. The largest absolute Gasteiger partial charge is 0.496 e. The molecule has 2 aromatic heterocycles. The summed E-state index contributed by atoms with van der Waals surface area (Å²) in [6.45, 7) is 3.61. The molecular formula is C42H37Br2FIN4O6+. The zero-order chi connectivity index (χ0) is 40.2. The van der Waals surface area contributed by atoms with Crippen LogP contribution < -0.4 is 28.7 Å². The molecule has 0 saturated carbocycles. The quantitative estimate of drug-likeness (QED) is 0.0734. The Labute approximate surface area is 355 Å². The fourth-order valence-electron chi connectivity index (χ4n) is 5.69. The topological polar surface area (TPSA) is 109 Å². The third-order valence-corrected chi connectivity index (χ3v) is 9.95. The van der Waals surface area contributed by atoms with E-state index in [9.17, 15) is 14.0 Å². The first-order chi connectivity index (χ1) is 26.9. The molecule has 6 aromatic rings. The Morgan fingerprint density at radius 3 is 1.62 bits per heavy atom. The van der Waals surface area contributed by atoms with E-state index in [4.69, 9.17) is 18.9 Å². The molecule has 0 radical (unpaired) electrons. The van der Waals surface area contributed by atoms with Gasteiger partial charge < -0.3 is 24.3 Å². The lowest BCUT2D eigenvalue weighted by Crippen LogP contribution is -2.48. The predicted octanol–water partition coefficient (Wildman–Crippen LogP) is 11.1. The Hall–Kier alpha value is -4.90. The third-order valence-electron chi connectivity index (χ3n) is 8.35. The molecule has 10 nitrogen and oxygen atoms in total. The van der Waals surface area contributed by atoms with Gasteiger partial charge >= 0.3 is 5.91 Å². The van der Waals surface area contributed by atoms with Gasteiger partial charge in [0.05, 0.1) is 21.1 Å². The SMILES string of the molecule is COc1ccccc1CNC(C)=O.COc1ccccc1C[N+](C(C)=O)(c1ccc(Br)nc1Oc1ccc(F)cc1)c1ccc(Br)nc1Oc1ccc(I)cc1. The number of carbonyl (C=O) groups excluding carboxylic acids is 2. The number of nitrogens with one attached hydrogen (secondary N) is 1. The molecule has 2 amide bonds. The predicted molar refractivity (Wildman–Crippen MR) is 229 cm³/mol. The van der Waals surface area contributed by atoms with Gasteiger partial charge in [-0.3, -0.25) is 4.79 Å². The van der Waals surface area contributed by atoms with Gasteiger partial charge in [-0.1, -0.05) is 30.3 Å². The number of pyridine rings is 2. The number of carbonyl (C=O) groups is 2. The first kappa shape index (κ1) is 42.2. The minimum atomic E-state index is -0.433. The number of halogens is 4. The molecular weight excluding hydrogens is 962 g/mol. The van der Waals surface area contributed by atoms with Crippen molar-refractivity contribution < 1.29 is 32.9 Å².